The van der Waals surface area contributed by atoms with Crippen LogP contribution in [0.15, 0.2) is 29.3 Å². The fraction of sp³-hybridized carbons (Fsp3) is 0.667. The lowest BCUT2D eigenvalue weighted by atomic mass is 10.1. The molecular formula is C21H39ClIN5. The standard InChI is InChI=1S/C21H38ClN5.HI/c1-7-27(8-2)15-9-10-17(3)25-21(23-4)24-16-20(26(5)6)18-11-13-19(22)14-12-18;/h11-14,17,20H,7-10,15-16H2,1-6H3,(H2,23,24,25);1H. The van der Waals surface area contributed by atoms with Crippen LogP contribution in [0.25, 0.3) is 0 Å². The van der Waals surface area contributed by atoms with Gasteiger partial charge in [-0.3, -0.25) is 4.99 Å². The molecule has 7 heteroatoms. The van der Waals surface area contributed by atoms with E-state index < -0.39 is 0 Å². The minimum atomic E-state index is 0. The zero-order valence-electron chi connectivity index (χ0n) is 18.3. The number of likely N-dealkylation sites (N-methyl/N-ethyl adjacent to an activating group) is 1. The summed E-state index contributed by atoms with van der Waals surface area (Å²) in [5.74, 6) is 0.853. The lowest BCUT2D eigenvalue weighted by Crippen LogP contribution is -2.45. The van der Waals surface area contributed by atoms with Gasteiger partial charge >= 0.3 is 0 Å². The Labute approximate surface area is 194 Å². The third-order valence-corrected chi connectivity index (χ3v) is 5.21. The summed E-state index contributed by atoms with van der Waals surface area (Å²) in [6.45, 7) is 10.8. The van der Waals surface area contributed by atoms with Crippen LogP contribution in [0.1, 0.15) is 45.2 Å². The van der Waals surface area contributed by atoms with Crippen LogP contribution in [0, 0.1) is 0 Å². The van der Waals surface area contributed by atoms with Gasteiger partial charge < -0.3 is 20.4 Å². The largest absolute Gasteiger partial charge is 0.354 e. The van der Waals surface area contributed by atoms with E-state index in [1.807, 2.05) is 19.2 Å². The molecule has 162 valence electrons. The van der Waals surface area contributed by atoms with Crippen molar-refractivity contribution in [2.45, 2.75) is 45.7 Å². The zero-order chi connectivity index (χ0) is 20.2. The second kappa shape index (κ2) is 15.3. The first kappa shape index (κ1) is 27.4. The molecule has 0 saturated carbocycles. The Hall–Kier alpha value is -0.570. The van der Waals surface area contributed by atoms with E-state index in [0.29, 0.717) is 6.04 Å². The number of nitrogens with zero attached hydrogens (tertiary/aromatic N) is 3. The molecule has 0 fully saturated rings. The van der Waals surface area contributed by atoms with E-state index in [9.17, 15) is 0 Å². The molecule has 2 unspecified atom stereocenters. The van der Waals surface area contributed by atoms with Gasteiger partial charge in [-0.15, -0.1) is 24.0 Å². The molecule has 0 aliphatic carbocycles. The number of nitrogens with one attached hydrogen (secondary N) is 2. The van der Waals surface area contributed by atoms with Gasteiger partial charge in [0.25, 0.3) is 0 Å². The molecule has 5 nitrogen and oxygen atoms in total. The number of guanidine groups is 1. The van der Waals surface area contributed by atoms with Gasteiger partial charge in [0.15, 0.2) is 5.96 Å². The van der Waals surface area contributed by atoms with Crippen molar-refractivity contribution in [3.63, 3.8) is 0 Å². The zero-order valence-corrected chi connectivity index (χ0v) is 21.4. The monoisotopic (exact) mass is 523 g/mol. The second-order valence-electron chi connectivity index (χ2n) is 7.20. The quantitative estimate of drug-likeness (QED) is 0.259. The minimum absolute atomic E-state index is 0. The highest BCUT2D eigenvalue weighted by molar-refractivity contribution is 14.0. The van der Waals surface area contributed by atoms with Crippen molar-refractivity contribution >= 4 is 41.5 Å². The maximum atomic E-state index is 6.02. The van der Waals surface area contributed by atoms with Gasteiger partial charge in [-0.1, -0.05) is 37.6 Å². The minimum Gasteiger partial charge on any atom is -0.354 e. The van der Waals surface area contributed by atoms with Crippen LogP contribution >= 0.6 is 35.6 Å². The molecule has 2 atom stereocenters. The van der Waals surface area contributed by atoms with Crippen molar-refractivity contribution in [2.75, 3.05) is 47.3 Å². The van der Waals surface area contributed by atoms with E-state index in [1.165, 1.54) is 12.0 Å². The Balaban J connectivity index is 0.00000729. The second-order valence-corrected chi connectivity index (χ2v) is 7.64. The van der Waals surface area contributed by atoms with Crippen LogP contribution in [0.3, 0.4) is 0 Å². The molecule has 0 heterocycles. The first-order chi connectivity index (χ1) is 12.9. The van der Waals surface area contributed by atoms with Crippen molar-refractivity contribution in [2.24, 2.45) is 4.99 Å². The van der Waals surface area contributed by atoms with E-state index in [2.05, 4.69) is 72.4 Å². The lowest BCUT2D eigenvalue weighted by Gasteiger charge is -2.27. The molecule has 0 amide bonds. The molecule has 0 spiro atoms. The highest BCUT2D eigenvalue weighted by Gasteiger charge is 2.15. The molecule has 0 bridgehead atoms. The van der Waals surface area contributed by atoms with Crippen LogP contribution in [-0.2, 0) is 0 Å². The van der Waals surface area contributed by atoms with Gasteiger partial charge in [-0.05, 0) is 71.2 Å². The predicted molar refractivity (Wildman–Crippen MR) is 134 cm³/mol. The van der Waals surface area contributed by atoms with Crippen molar-refractivity contribution < 1.29 is 0 Å². The summed E-state index contributed by atoms with van der Waals surface area (Å²) in [6.07, 6.45) is 2.32. The maximum Gasteiger partial charge on any atom is 0.191 e. The lowest BCUT2D eigenvalue weighted by molar-refractivity contribution is 0.291. The molecule has 0 aromatic heterocycles. The van der Waals surface area contributed by atoms with Gasteiger partial charge in [0.2, 0.25) is 0 Å². The summed E-state index contributed by atoms with van der Waals surface area (Å²) < 4.78 is 0. The number of aliphatic imine (C=N–C) groups is 1. The number of hydrogen-bond acceptors (Lipinski definition) is 3. The molecule has 0 saturated heterocycles. The molecule has 1 aromatic rings. The average Bonchev–Trinajstić information content (AvgIpc) is 2.65. The van der Waals surface area contributed by atoms with E-state index in [1.54, 1.807) is 0 Å². The van der Waals surface area contributed by atoms with Crippen LogP contribution in [0.5, 0.6) is 0 Å². The number of benzene rings is 1. The number of rotatable bonds is 11. The smallest absolute Gasteiger partial charge is 0.191 e. The Kier molecular flexibility index (Phi) is 15.0. The van der Waals surface area contributed by atoms with Gasteiger partial charge in [-0.25, -0.2) is 0 Å². The summed E-state index contributed by atoms with van der Waals surface area (Å²) in [4.78, 5) is 9.06. The van der Waals surface area contributed by atoms with Crippen molar-refractivity contribution in [3.05, 3.63) is 34.9 Å². The third kappa shape index (κ3) is 10.3. The Morgan fingerprint density at radius 2 is 1.75 bits per heavy atom. The van der Waals surface area contributed by atoms with Crippen LogP contribution in [0.4, 0.5) is 0 Å². The molecule has 28 heavy (non-hydrogen) atoms. The predicted octanol–water partition coefficient (Wildman–Crippen LogP) is 4.24. The molecule has 2 N–H and O–H groups in total. The Bertz CT molecular complexity index is 546. The summed E-state index contributed by atoms with van der Waals surface area (Å²) >= 11 is 6.02. The van der Waals surface area contributed by atoms with Gasteiger partial charge in [0.1, 0.15) is 0 Å². The fourth-order valence-corrected chi connectivity index (χ4v) is 3.26. The molecule has 0 aliphatic heterocycles. The number of halogens is 2. The van der Waals surface area contributed by atoms with Gasteiger partial charge in [0.05, 0.1) is 6.04 Å². The van der Waals surface area contributed by atoms with Crippen LogP contribution < -0.4 is 10.6 Å². The van der Waals surface area contributed by atoms with E-state index in [4.69, 9.17) is 11.6 Å². The third-order valence-electron chi connectivity index (χ3n) is 4.95. The summed E-state index contributed by atoms with van der Waals surface area (Å²) in [5.41, 5.74) is 1.24. The van der Waals surface area contributed by atoms with E-state index in [-0.39, 0.29) is 30.0 Å². The Morgan fingerprint density at radius 3 is 2.25 bits per heavy atom. The summed E-state index contributed by atoms with van der Waals surface area (Å²) in [5, 5.41) is 7.75. The van der Waals surface area contributed by atoms with Gasteiger partial charge in [-0.2, -0.15) is 0 Å². The fourth-order valence-electron chi connectivity index (χ4n) is 3.14. The van der Waals surface area contributed by atoms with Crippen molar-refractivity contribution in [3.8, 4) is 0 Å². The molecular weight excluding hydrogens is 485 g/mol. The highest BCUT2D eigenvalue weighted by Crippen LogP contribution is 2.19. The average molecular weight is 524 g/mol. The topological polar surface area (TPSA) is 42.9 Å². The van der Waals surface area contributed by atoms with Crippen molar-refractivity contribution in [1.29, 1.82) is 0 Å². The number of hydrogen-bond donors (Lipinski definition) is 2. The summed E-state index contributed by atoms with van der Waals surface area (Å²) in [7, 11) is 6.00. The first-order valence-corrected chi connectivity index (χ1v) is 10.4. The highest BCUT2D eigenvalue weighted by atomic mass is 127. The SMILES string of the molecule is CCN(CC)CCCC(C)NC(=NC)NCC(c1ccc(Cl)cc1)N(C)C.I. The van der Waals surface area contributed by atoms with Crippen molar-refractivity contribution in [1.82, 2.24) is 20.4 Å². The van der Waals surface area contributed by atoms with E-state index >= 15 is 0 Å². The Morgan fingerprint density at radius 1 is 1.14 bits per heavy atom. The van der Waals surface area contributed by atoms with E-state index in [0.717, 1.165) is 43.6 Å². The molecule has 1 rings (SSSR count). The van der Waals surface area contributed by atoms with Gasteiger partial charge in [0, 0.05) is 24.7 Å². The maximum absolute atomic E-state index is 6.02. The van der Waals surface area contributed by atoms with Crippen LogP contribution in [0.2, 0.25) is 5.02 Å². The van der Waals surface area contributed by atoms with Crippen LogP contribution in [-0.4, -0.2) is 69.1 Å². The summed E-state index contributed by atoms with van der Waals surface area (Å²) in [6, 6.07) is 8.69. The first-order valence-electron chi connectivity index (χ1n) is 10.0. The molecule has 0 radical (unpaired) electrons. The molecule has 0 aliphatic rings. The normalized spacial score (nSPS) is 14.0. The molecule has 1 aromatic carbocycles.